The average Bonchev–Trinajstić information content (AvgIpc) is 2.59. The van der Waals surface area contributed by atoms with Crippen LogP contribution in [0, 0.1) is 0 Å². The minimum absolute atomic E-state index is 0.0172. The zero-order valence-electron chi connectivity index (χ0n) is 13.5. The summed E-state index contributed by atoms with van der Waals surface area (Å²) in [6.45, 7) is 4.82. The van der Waals surface area contributed by atoms with Gasteiger partial charge in [0.25, 0.3) is 5.91 Å². The molecular weight excluding hydrogens is 284 g/mol. The lowest BCUT2D eigenvalue weighted by atomic mass is 10.1. The van der Waals surface area contributed by atoms with Crippen molar-refractivity contribution < 1.29 is 19.0 Å². The number of hydrogen-bond donors (Lipinski definition) is 0. The molecule has 1 heterocycles. The van der Waals surface area contributed by atoms with Crippen LogP contribution in [-0.4, -0.2) is 76.4 Å². The first-order chi connectivity index (χ1) is 10.7. The third kappa shape index (κ3) is 4.11. The highest BCUT2D eigenvalue weighted by atomic mass is 16.5. The molecule has 1 saturated heterocycles. The van der Waals surface area contributed by atoms with E-state index in [1.807, 2.05) is 4.90 Å². The van der Waals surface area contributed by atoms with Crippen LogP contribution in [0.1, 0.15) is 10.4 Å². The Morgan fingerprint density at radius 3 is 2.09 bits per heavy atom. The van der Waals surface area contributed by atoms with E-state index in [4.69, 9.17) is 14.2 Å². The van der Waals surface area contributed by atoms with Crippen molar-refractivity contribution in [1.29, 1.82) is 0 Å². The Morgan fingerprint density at radius 2 is 1.59 bits per heavy atom. The minimum Gasteiger partial charge on any atom is -0.497 e. The van der Waals surface area contributed by atoms with Crippen LogP contribution < -0.4 is 9.47 Å². The molecule has 0 spiro atoms. The quantitative estimate of drug-likeness (QED) is 0.788. The van der Waals surface area contributed by atoms with E-state index in [9.17, 15) is 4.79 Å². The predicted octanol–water partition coefficient (Wildman–Crippen LogP) is 1.11. The van der Waals surface area contributed by atoms with Gasteiger partial charge in [0.1, 0.15) is 11.5 Å². The number of carbonyl (C=O) groups excluding carboxylic acids is 1. The summed E-state index contributed by atoms with van der Waals surface area (Å²) in [6.07, 6.45) is 0. The zero-order valence-corrected chi connectivity index (χ0v) is 13.5. The fourth-order valence-corrected chi connectivity index (χ4v) is 2.51. The number of ether oxygens (including phenoxy) is 3. The van der Waals surface area contributed by atoms with Gasteiger partial charge in [0.2, 0.25) is 0 Å². The second-order valence-corrected chi connectivity index (χ2v) is 5.23. The van der Waals surface area contributed by atoms with Gasteiger partial charge in [-0.2, -0.15) is 0 Å². The van der Waals surface area contributed by atoms with Gasteiger partial charge in [-0.05, 0) is 12.1 Å². The molecule has 0 saturated carbocycles. The standard InChI is InChI=1S/C16H24N2O4/c1-20-9-8-17-4-6-18(7-5-17)16(19)13-10-14(21-2)12-15(11-13)22-3/h10-12H,4-9H2,1-3H3. The van der Waals surface area contributed by atoms with E-state index in [2.05, 4.69) is 4.90 Å². The summed E-state index contributed by atoms with van der Waals surface area (Å²) in [6, 6.07) is 5.27. The topological polar surface area (TPSA) is 51.2 Å². The second kappa shape index (κ2) is 8.00. The van der Waals surface area contributed by atoms with Crippen LogP contribution in [-0.2, 0) is 4.74 Å². The molecule has 1 fully saturated rings. The first kappa shape index (κ1) is 16.6. The van der Waals surface area contributed by atoms with Gasteiger partial charge in [0.05, 0.1) is 20.8 Å². The van der Waals surface area contributed by atoms with Crippen LogP contribution in [0.3, 0.4) is 0 Å². The van der Waals surface area contributed by atoms with Crippen LogP contribution in [0.25, 0.3) is 0 Å². The Balaban J connectivity index is 2.00. The van der Waals surface area contributed by atoms with Gasteiger partial charge in [-0.15, -0.1) is 0 Å². The molecule has 6 nitrogen and oxygen atoms in total. The lowest BCUT2D eigenvalue weighted by Crippen LogP contribution is -2.49. The van der Waals surface area contributed by atoms with Gasteiger partial charge in [0, 0.05) is 51.5 Å². The van der Waals surface area contributed by atoms with E-state index in [1.165, 1.54) is 0 Å². The first-order valence-electron chi connectivity index (χ1n) is 7.41. The summed E-state index contributed by atoms with van der Waals surface area (Å²) in [5.74, 6) is 1.27. The summed E-state index contributed by atoms with van der Waals surface area (Å²) in [7, 11) is 4.87. The highest BCUT2D eigenvalue weighted by Gasteiger charge is 2.22. The summed E-state index contributed by atoms with van der Waals surface area (Å²) in [5.41, 5.74) is 0.599. The van der Waals surface area contributed by atoms with E-state index in [-0.39, 0.29) is 5.91 Å². The van der Waals surface area contributed by atoms with Gasteiger partial charge in [-0.3, -0.25) is 9.69 Å². The summed E-state index contributed by atoms with van der Waals surface area (Å²) in [5, 5.41) is 0. The number of nitrogens with zero attached hydrogens (tertiary/aromatic N) is 2. The maximum Gasteiger partial charge on any atom is 0.254 e. The molecule has 122 valence electrons. The van der Waals surface area contributed by atoms with Crippen LogP contribution >= 0.6 is 0 Å². The molecule has 2 rings (SSSR count). The fraction of sp³-hybridized carbons (Fsp3) is 0.562. The second-order valence-electron chi connectivity index (χ2n) is 5.23. The summed E-state index contributed by atoms with van der Waals surface area (Å²) >= 11 is 0. The maximum atomic E-state index is 12.6. The molecule has 0 unspecified atom stereocenters. The number of amides is 1. The number of rotatable bonds is 6. The summed E-state index contributed by atoms with van der Waals surface area (Å²) in [4.78, 5) is 16.8. The molecule has 0 aliphatic carbocycles. The van der Waals surface area contributed by atoms with E-state index in [0.29, 0.717) is 17.1 Å². The molecule has 0 atom stereocenters. The molecule has 1 aliphatic rings. The lowest BCUT2D eigenvalue weighted by Gasteiger charge is -2.34. The Morgan fingerprint density at radius 1 is 1.00 bits per heavy atom. The maximum absolute atomic E-state index is 12.6. The molecule has 1 amide bonds. The molecule has 1 aliphatic heterocycles. The molecule has 1 aromatic carbocycles. The Labute approximate surface area is 131 Å². The minimum atomic E-state index is 0.0172. The monoisotopic (exact) mass is 308 g/mol. The van der Waals surface area contributed by atoms with Crippen LogP contribution in [0.5, 0.6) is 11.5 Å². The molecule has 1 aromatic rings. The van der Waals surface area contributed by atoms with Gasteiger partial charge in [-0.1, -0.05) is 0 Å². The highest BCUT2D eigenvalue weighted by molar-refractivity contribution is 5.95. The van der Waals surface area contributed by atoms with Crippen LogP contribution in [0.4, 0.5) is 0 Å². The largest absolute Gasteiger partial charge is 0.497 e. The smallest absolute Gasteiger partial charge is 0.254 e. The van der Waals surface area contributed by atoms with Gasteiger partial charge < -0.3 is 19.1 Å². The predicted molar refractivity (Wildman–Crippen MR) is 83.8 cm³/mol. The third-order valence-corrected chi connectivity index (χ3v) is 3.87. The zero-order chi connectivity index (χ0) is 15.9. The Bertz CT molecular complexity index is 477. The van der Waals surface area contributed by atoms with Crippen molar-refractivity contribution in [2.24, 2.45) is 0 Å². The number of piperazine rings is 1. The van der Waals surface area contributed by atoms with Crippen LogP contribution in [0.2, 0.25) is 0 Å². The average molecular weight is 308 g/mol. The fourth-order valence-electron chi connectivity index (χ4n) is 2.51. The van der Waals surface area contributed by atoms with Crippen molar-refractivity contribution in [3.05, 3.63) is 23.8 Å². The van der Waals surface area contributed by atoms with E-state index < -0.39 is 0 Å². The van der Waals surface area contributed by atoms with Crippen molar-refractivity contribution in [2.45, 2.75) is 0 Å². The molecule has 22 heavy (non-hydrogen) atoms. The van der Waals surface area contributed by atoms with Gasteiger partial charge in [-0.25, -0.2) is 0 Å². The van der Waals surface area contributed by atoms with E-state index in [0.717, 1.165) is 39.3 Å². The lowest BCUT2D eigenvalue weighted by molar-refractivity contribution is 0.0593. The van der Waals surface area contributed by atoms with Crippen molar-refractivity contribution in [3.63, 3.8) is 0 Å². The molecule has 0 bridgehead atoms. The van der Waals surface area contributed by atoms with E-state index in [1.54, 1.807) is 39.5 Å². The molecule has 0 radical (unpaired) electrons. The molecule has 6 heteroatoms. The number of carbonyl (C=O) groups is 1. The van der Waals surface area contributed by atoms with Crippen molar-refractivity contribution in [2.75, 3.05) is 60.7 Å². The Kier molecular flexibility index (Phi) is 6.03. The van der Waals surface area contributed by atoms with Crippen molar-refractivity contribution in [1.82, 2.24) is 9.80 Å². The highest BCUT2D eigenvalue weighted by Crippen LogP contribution is 2.23. The van der Waals surface area contributed by atoms with E-state index >= 15 is 0 Å². The normalized spacial score (nSPS) is 15.7. The molecule has 0 N–H and O–H groups in total. The molecule has 0 aromatic heterocycles. The van der Waals surface area contributed by atoms with Gasteiger partial charge >= 0.3 is 0 Å². The van der Waals surface area contributed by atoms with Gasteiger partial charge in [0.15, 0.2) is 0 Å². The third-order valence-electron chi connectivity index (χ3n) is 3.87. The number of methoxy groups -OCH3 is 3. The van der Waals surface area contributed by atoms with Crippen molar-refractivity contribution in [3.8, 4) is 11.5 Å². The number of benzene rings is 1. The Hall–Kier alpha value is -1.79. The summed E-state index contributed by atoms with van der Waals surface area (Å²) < 4.78 is 15.5. The first-order valence-corrected chi connectivity index (χ1v) is 7.41. The van der Waals surface area contributed by atoms with Crippen LogP contribution in [0.15, 0.2) is 18.2 Å². The SMILES string of the molecule is COCCN1CCN(C(=O)c2cc(OC)cc(OC)c2)CC1. The van der Waals surface area contributed by atoms with Crippen molar-refractivity contribution >= 4 is 5.91 Å². The molecular formula is C16H24N2O4. The number of hydrogen-bond acceptors (Lipinski definition) is 5.